The number of benzene rings is 1. The normalized spacial score (nSPS) is 11.4. The average Bonchev–Trinajstić information content (AvgIpc) is 2.19. The number of hydrogen-bond acceptors (Lipinski definition) is 2. The Morgan fingerprint density at radius 1 is 1.35 bits per heavy atom. The first kappa shape index (κ1) is 14.0. The Morgan fingerprint density at radius 3 is 2.53 bits per heavy atom. The van der Waals surface area contributed by atoms with Crippen molar-refractivity contribution in [1.82, 2.24) is 0 Å². The smallest absolute Gasteiger partial charge is 0.405 e. The summed E-state index contributed by atoms with van der Waals surface area (Å²) in [5.74, 6) is -2.11. The van der Waals surface area contributed by atoms with Gasteiger partial charge in [0.25, 0.3) is 0 Å². The summed E-state index contributed by atoms with van der Waals surface area (Å²) in [6.07, 6.45) is -4.96. The van der Waals surface area contributed by atoms with Gasteiger partial charge in [-0.1, -0.05) is 15.9 Å². The van der Waals surface area contributed by atoms with Gasteiger partial charge in [-0.25, -0.2) is 4.39 Å². The molecule has 0 radical (unpaired) electrons. The number of rotatable bonds is 4. The summed E-state index contributed by atoms with van der Waals surface area (Å²) >= 11 is 2.97. The number of Topliss-reactive ketones (excluding diaryl/α,β-unsaturated/α-hetero) is 1. The van der Waals surface area contributed by atoms with E-state index in [2.05, 4.69) is 20.7 Å². The van der Waals surface area contributed by atoms with Crippen LogP contribution in [0.15, 0.2) is 18.2 Å². The van der Waals surface area contributed by atoms with E-state index in [1.54, 1.807) is 0 Å². The molecule has 0 aliphatic rings. The lowest BCUT2D eigenvalue weighted by molar-refractivity contribution is -0.274. The maximum atomic E-state index is 12.9. The van der Waals surface area contributed by atoms with Gasteiger partial charge in [0.2, 0.25) is 0 Å². The molecule has 0 unspecified atom stereocenters. The van der Waals surface area contributed by atoms with Crippen LogP contribution in [0.4, 0.5) is 17.6 Å². The summed E-state index contributed by atoms with van der Waals surface area (Å²) in [4.78, 5) is 11.5. The molecule has 0 atom stereocenters. The molecule has 0 bridgehead atoms. The number of ether oxygens (including phenoxy) is 1. The van der Waals surface area contributed by atoms with Gasteiger partial charge in [-0.15, -0.1) is 13.2 Å². The van der Waals surface area contributed by atoms with Crippen molar-refractivity contribution in [1.29, 1.82) is 0 Å². The standard InChI is InChI=1S/C10H7BrF4O2/c11-4-3-8(16)7-5-6(12)1-2-9(7)17-10(13,14)15/h1-2,5H,3-4H2. The average molecular weight is 315 g/mol. The number of ketones is 1. The monoisotopic (exact) mass is 314 g/mol. The summed E-state index contributed by atoms with van der Waals surface area (Å²) in [6, 6.07) is 2.31. The molecule has 0 saturated carbocycles. The minimum atomic E-state index is -4.92. The highest BCUT2D eigenvalue weighted by Gasteiger charge is 2.32. The molecule has 2 nitrogen and oxygen atoms in total. The third kappa shape index (κ3) is 4.33. The predicted octanol–water partition coefficient (Wildman–Crippen LogP) is 3.69. The van der Waals surface area contributed by atoms with Crippen LogP contribution in [0.25, 0.3) is 0 Å². The number of halogens is 5. The Morgan fingerprint density at radius 2 is 2.00 bits per heavy atom. The molecule has 0 aliphatic carbocycles. The van der Waals surface area contributed by atoms with Crippen molar-refractivity contribution in [2.24, 2.45) is 0 Å². The van der Waals surface area contributed by atoms with Crippen molar-refractivity contribution in [3.05, 3.63) is 29.6 Å². The Labute approximate surface area is 103 Å². The molecule has 17 heavy (non-hydrogen) atoms. The minimum absolute atomic E-state index is 0.0440. The lowest BCUT2D eigenvalue weighted by Gasteiger charge is -2.12. The fourth-order valence-corrected chi connectivity index (χ4v) is 1.51. The van der Waals surface area contributed by atoms with Crippen molar-refractivity contribution in [2.45, 2.75) is 12.8 Å². The van der Waals surface area contributed by atoms with E-state index in [1.165, 1.54) is 0 Å². The van der Waals surface area contributed by atoms with Crippen LogP contribution in [-0.4, -0.2) is 17.5 Å². The molecule has 0 aliphatic heterocycles. The fourth-order valence-electron chi connectivity index (χ4n) is 1.15. The van der Waals surface area contributed by atoms with Gasteiger partial charge < -0.3 is 4.74 Å². The highest BCUT2D eigenvalue weighted by molar-refractivity contribution is 9.09. The summed E-state index contributed by atoms with van der Waals surface area (Å²) in [5, 5.41) is 0.272. The van der Waals surface area contributed by atoms with Crippen LogP contribution in [0.1, 0.15) is 16.8 Å². The third-order valence-electron chi connectivity index (χ3n) is 1.79. The molecular formula is C10H7BrF4O2. The summed E-state index contributed by atoms with van der Waals surface area (Å²) < 4.78 is 52.6. The van der Waals surface area contributed by atoms with Crippen LogP contribution in [0.5, 0.6) is 5.75 Å². The first-order valence-electron chi connectivity index (χ1n) is 4.48. The number of carbonyl (C=O) groups is 1. The van der Waals surface area contributed by atoms with Crippen LogP contribution in [-0.2, 0) is 0 Å². The summed E-state index contributed by atoms with van der Waals surface area (Å²) in [7, 11) is 0. The SMILES string of the molecule is O=C(CCBr)c1cc(F)ccc1OC(F)(F)F. The van der Waals surface area contributed by atoms with Gasteiger partial charge >= 0.3 is 6.36 Å². The molecule has 1 aromatic rings. The van der Waals surface area contributed by atoms with Gasteiger partial charge in [-0.3, -0.25) is 4.79 Å². The van der Waals surface area contributed by atoms with Crippen LogP contribution in [0.2, 0.25) is 0 Å². The molecule has 0 N–H and O–H groups in total. The van der Waals surface area contributed by atoms with Gasteiger partial charge in [-0.2, -0.15) is 0 Å². The number of hydrogen-bond donors (Lipinski definition) is 0. The Balaban J connectivity index is 3.08. The second-order valence-electron chi connectivity index (χ2n) is 3.05. The lowest BCUT2D eigenvalue weighted by atomic mass is 10.1. The van der Waals surface area contributed by atoms with E-state index >= 15 is 0 Å². The van der Waals surface area contributed by atoms with Crippen LogP contribution in [0.3, 0.4) is 0 Å². The van der Waals surface area contributed by atoms with E-state index in [0.717, 1.165) is 18.2 Å². The first-order chi connectivity index (χ1) is 7.83. The quantitative estimate of drug-likeness (QED) is 0.481. The summed E-state index contributed by atoms with van der Waals surface area (Å²) in [5.41, 5.74) is -0.415. The van der Waals surface area contributed by atoms with E-state index in [9.17, 15) is 22.4 Å². The molecule has 1 aromatic carbocycles. The van der Waals surface area contributed by atoms with Crippen LogP contribution < -0.4 is 4.74 Å². The highest BCUT2D eigenvalue weighted by atomic mass is 79.9. The zero-order valence-corrected chi connectivity index (χ0v) is 9.94. The maximum Gasteiger partial charge on any atom is 0.573 e. The molecule has 0 saturated heterocycles. The van der Waals surface area contributed by atoms with Crippen LogP contribution >= 0.6 is 15.9 Å². The van der Waals surface area contributed by atoms with Crippen molar-refractivity contribution >= 4 is 21.7 Å². The number of carbonyl (C=O) groups excluding carboxylic acids is 1. The topological polar surface area (TPSA) is 26.3 Å². The number of alkyl halides is 4. The largest absolute Gasteiger partial charge is 0.573 e. The molecule has 1 rings (SSSR count). The van der Waals surface area contributed by atoms with E-state index in [0.29, 0.717) is 0 Å². The van der Waals surface area contributed by atoms with Crippen molar-refractivity contribution in [3.63, 3.8) is 0 Å². The molecule has 0 spiro atoms. The van der Waals surface area contributed by atoms with Gasteiger partial charge in [-0.05, 0) is 18.2 Å². The Kier molecular flexibility index (Phi) is 4.50. The molecule has 0 fully saturated rings. The molecule has 7 heteroatoms. The Bertz CT molecular complexity index is 417. The molecule has 0 heterocycles. The third-order valence-corrected chi connectivity index (χ3v) is 2.19. The van der Waals surface area contributed by atoms with Crippen LogP contribution in [0, 0.1) is 5.82 Å². The van der Waals surface area contributed by atoms with Gasteiger partial charge in [0.15, 0.2) is 5.78 Å². The van der Waals surface area contributed by atoms with Gasteiger partial charge in [0.1, 0.15) is 11.6 Å². The molecule has 94 valence electrons. The lowest BCUT2D eigenvalue weighted by Crippen LogP contribution is -2.19. The first-order valence-corrected chi connectivity index (χ1v) is 5.60. The van der Waals surface area contributed by atoms with Gasteiger partial charge in [0, 0.05) is 11.8 Å². The highest BCUT2D eigenvalue weighted by Crippen LogP contribution is 2.28. The second kappa shape index (κ2) is 5.48. The Hall–Kier alpha value is -1.11. The van der Waals surface area contributed by atoms with Crippen molar-refractivity contribution in [2.75, 3.05) is 5.33 Å². The van der Waals surface area contributed by atoms with Crippen molar-refractivity contribution in [3.8, 4) is 5.75 Å². The van der Waals surface area contributed by atoms with Gasteiger partial charge in [0.05, 0.1) is 5.56 Å². The zero-order valence-electron chi connectivity index (χ0n) is 8.35. The van der Waals surface area contributed by atoms with E-state index in [-0.39, 0.29) is 11.8 Å². The maximum absolute atomic E-state index is 12.9. The van der Waals surface area contributed by atoms with E-state index in [4.69, 9.17) is 0 Å². The van der Waals surface area contributed by atoms with Crippen molar-refractivity contribution < 1.29 is 27.1 Å². The van der Waals surface area contributed by atoms with E-state index in [1.807, 2.05) is 0 Å². The minimum Gasteiger partial charge on any atom is -0.405 e. The zero-order chi connectivity index (χ0) is 13.1. The molecule has 0 aromatic heterocycles. The molecule has 0 amide bonds. The fraction of sp³-hybridized carbons (Fsp3) is 0.300. The second-order valence-corrected chi connectivity index (χ2v) is 3.84. The molecular weight excluding hydrogens is 308 g/mol. The van der Waals surface area contributed by atoms with E-state index < -0.39 is 29.3 Å². The predicted molar refractivity (Wildman–Crippen MR) is 55.8 cm³/mol. The summed E-state index contributed by atoms with van der Waals surface area (Å²) in [6.45, 7) is 0.